The van der Waals surface area contributed by atoms with Crippen LogP contribution in [0.5, 0.6) is 0 Å². The number of nitrogens with zero attached hydrogens (tertiary/aromatic N) is 4. The van der Waals surface area contributed by atoms with E-state index in [0.717, 1.165) is 46.6 Å². The lowest BCUT2D eigenvalue weighted by Crippen LogP contribution is -2.25. The first-order valence-electron chi connectivity index (χ1n) is 17.6. The van der Waals surface area contributed by atoms with E-state index in [4.69, 9.17) is 10.1 Å². The molecule has 2 heterocycles. The first-order chi connectivity index (χ1) is 24.4. The average Bonchev–Trinajstić information content (AvgIpc) is 3.41. The summed E-state index contributed by atoms with van der Waals surface area (Å²) in [6, 6.07) is 37.4. The molecule has 0 saturated carbocycles. The Morgan fingerprint density at radius 2 is 1.31 bits per heavy atom. The fourth-order valence-corrected chi connectivity index (χ4v) is 7.53. The summed E-state index contributed by atoms with van der Waals surface area (Å²) >= 11 is 0. The van der Waals surface area contributed by atoms with E-state index >= 15 is 0 Å². The van der Waals surface area contributed by atoms with Crippen LogP contribution in [0, 0.1) is 6.92 Å². The van der Waals surface area contributed by atoms with Gasteiger partial charge in [0.1, 0.15) is 5.82 Å². The van der Waals surface area contributed by atoms with E-state index in [-0.39, 0.29) is 21.8 Å². The molecule has 2 aromatic heterocycles. The van der Waals surface area contributed by atoms with Crippen LogP contribution in [0.25, 0.3) is 22.4 Å². The van der Waals surface area contributed by atoms with Gasteiger partial charge in [0.05, 0.1) is 28.6 Å². The molecule has 0 atom stereocenters. The van der Waals surface area contributed by atoms with Gasteiger partial charge in [-0.3, -0.25) is 9.55 Å². The minimum absolute atomic E-state index is 0.0738. The van der Waals surface area contributed by atoms with E-state index in [0.29, 0.717) is 25.2 Å². The van der Waals surface area contributed by atoms with Crippen molar-refractivity contribution in [1.29, 1.82) is 0 Å². The average molecular weight is 699 g/mol. The first kappa shape index (κ1) is 35.7. The van der Waals surface area contributed by atoms with E-state index in [1.54, 1.807) is 27.4 Å². The topological polar surface area (TPSA) is 86.8 Å². The molecule has 0 N–H and O–H groups in total. The maximum Gasteiger partial charge on any atom is 0.346 e. The number of pyridine rings is 1. The molecular formula is C43H46N4O3S. The zero-order valence-corrected chi connectivity index (χ0v) is 31.0. The van der Waals surface area contributed by atoms with Crippen LogP contribution in [0.2, 0.25) is 0 Å². The second kappa shape index (κ2) is 15.0. The largest absolute Gasteiger partial charge is 0.346 e. The number of benzene rings is 4. The summed E-state index contributed by atoms with van der Waals surface area (Å²) in [5.41, 5.74) is 8.87. The Labute approximate surface area is 301 Å². The van der Waals surface area contributed by atoms with Crippen molar-refractivity contribution in [3.63, 3.8) is 0 Å². The first-order valence-corrected chi connectivity index (χ1v) is 19.3. The third kappa shape index (κ3) is 8.63. The molecule has 0 aliphatic rings. The van der Waals surface area contributed by atoms with Gasteiger partial charge in [0.25, 0.3) is 0 Å². The van der Waals surface area contributed by atoms with Crippen LogP contribution >= 0.6 is 0 Å². The van der Waals surface area contributed by atoms with Crippen molar-refractivity contribution in [3.05, 3.63) is 160 Å². The fraction of sp³-hybridized carbons (Fsp3) is 0.279. The maximum absolute atomic E-state index is 13.3. The number of hydrogen-bond acceptors (Lipinski definition) is 5. The Bertz CT molecular complexity index is 2260. The van der Waals surface area contributed by atoms with Crippen LogP contribution in [0.15, 0.2) is 125 Å². The molecule has 0 amide bonds. The SMILES string of the molecule is CCn1c(CCCc2ccc(-c3cccc(CS(=O)(=O)c4ccc(-c5ccc(C)cc5)cc4)n3)cc2)nn(Cc2ccc(C(C)(C)C)cc2)c1=O. The van der Waals surface area contributed by atoms with Gasteiger partial charge in [-0.2, -0.15) is 5.10 Å². The van der Waals surface area contributed by atoms with Gasteiger partial charge >= 0.3 is 5.69 Å². The van der Waals surface area contributed by atoms with Crippen LogP contribution in [0.4, 0.5) is 0 Å². The Balaban J connectivity index is 1.06. The van der Waals surface area contributed by atoms with Crippen molar-refractivity contribution in [1.82, 2.24) is 19.3 Å². The zero-order chi connectivity index (χ0) is 36.2. The zero-order valence-electron chi connectivity index (χ0n) is 30.1. The lowest BCUT2D eigenvalue weighted by Gasteiger charge is -2.19. The highest BCUT2D eigenvalue weighted by Crippen LogP contribution is 2.25. The van der Waals surface area contributed by atoms with E-state index in [1.807, 2.05) is 74.5 Å². The summed E-state index contributed by atoms with van der Waals surface area (Å²) in [5.74, 6) is 0.633. The predicted molar refractivity (Wildman–Crippen MR) is 206 cm³/mol. The second-order valence-electron chi connectivity index (χ2n) is 14.3. The molecule has 6 aromatic rings. The summed E-state index contributed by atoms with van der Waals surface area (Å²) in [5, 5.41) is 4.72. The van der Waals surface area contributed by atoms with Crippen molar-refractivity contribution < 1.29 is 8.42 Å². The predicted octanol–water partition coefficient (Wildman–Crippen LogP) is 8.60. The van der Waals surface area contributed by atoms with Gasteiger partial charge in [0.15, 0.2) is 9.84 Å². The maximum atomic E-state index is 13.3. The van der Waals surface area contributed by atoms with Gasteiger partial charge in [0.2, 0.25) is 0 Å². The second-order valence-corrected chi connectivity index (χ2v) is 16.3. The minimum Gasteiger partial charge on any atom is -0.279 e. The molecule has 8 heteroatoms. The molecule has 51 heavy (non-hydrogen) atoms. The monoisotopic (exact) mass is 698 g/mol. The Kier molecular flexibility index (Phi) is 10.5. The summed E-state index contributed by atoms with van der Waals surface area (Å²) < 4.78 is 30.0. The van der Waals surface area contributed by atoms with Crippen LogP contribution in [0.3, 0.4) is 0 Å². The van der Waals surface area contributed by atoms with Gasteiger partial charge < -0.3 is 0 Å². The number of sulfone groups is 1. The third-order valence-electron chi connectivity index (χ3n) is 9.33. The van der Waals surface area contributed by atoms with Crippen LogP contribution < -0.4 is 5.69 Å². The van der Waals surface area contributed by atoms with Gasteiger partial charge in [-0.25, -0.2) is 17.9 Å². The van der Waals surface area contributed by atoms with Crippen molar-refractivity contribution in [2.45, 2.75) is 83.0 Å². The molecule has 262 valence electrons. The number of rotatable bonds is 12. The standard InChI is InChI=1S/C43H46N4O3S/c1-6-46-41(45-47(42(46)48)29-33-17-25-37(26-18-33)43(3,4)5)12-7-9-32-15-21-36(22-16-32)40-11-8-10-38(44-40)30-51(49,50)39-27-23-35(24-28-39)34-19-13-31(2)14-20-34/h8,10-11,13-28H,6-7,9,12,29-30H2,1-5H3. The molecule has 4 aromatic carbocycles. The smallest absolute Gasteiger partial charge is 0.279 e. The van der Waals surface area contributed by atoms with Gasteiger partial charge in [-0.15, -0.1) is 0 Å². The molecular weight excluding hydrogens is 653 g/mol. The van der Waals surface area contributed by atoms with E-state index < -0.39 is 9.84 Å². The number of hydrogen-bond donors (Lipinski definition) is 0. The molecule has 0 spiro atoms. The van der Waals surface area contributed by atoms with Crippen molar-refractivity contribution in [2.24, 2.45) is 0 Å². The molecule has 7 nitrogen and oxygen atoms in total. The van der Waals surface area contributed by atoms with Crippen molar-refractivity contribution in [3.8, 4) is 22.4 Å². The number of aryl methyl sites for hydroxylation is 3. The molecule has 0 radical (unpaired) electrons. The van der Waals surface area contributed by atoms with Crippen molar-refractivity contribution >= 4 is 9.84 Å². The van der Waals surface area contributed by atoms with Crippen LogP contribution in [-0.4, -0.2) is 27.7 Å². The molecule has 0 saturated heterocycles. The number of aromatic nitrogens is 4. The quantitative estimate of drug-likeness (QED) is 0.128. The van der Waals surface area contributed by atoms with E-state index in [9.17, 15) is 13.2 Å². The summed E-state index contributed by atoms with van der Waals surface area (Å²) in [7, 11) is -3.58. The molecule has 0 bridgehead atoms. The van der Waals surface area contributed by atoms with Gasteiger partial charge in [-0.05, 0) is 84.2 Å². The molecule has 0 aliphatic heterocycles. The van der Waals surface area contributed by atoms with Crippen LogP contribution in [-0.2, 0) is 46.9 Å². The Hall–Kier alpha value is -5.08. The highest BCUT2D eigenvalue weighted by Gasteiger charge is 2.18. The van der Waals surface area contributed by atoms with E-state index in [1.165, 1.54) is 16.7 Å². The van der Waals surface area contributed by atoms with Gasteiger partial charge in [0, 0.05) is 18.5 Å². The lowest BCUT2D eigenvalue weighted by atomic mass is 9.87. The normalized spacial score (nSPS) is 11.9. The fourth-order valence-electron chi connectivity index (χ4n) is 6.27. The molecule has 0 fully saturated rings. The molecule has 6 rings (SSSR count). The Morgan fingerprint density at radius 1 is 0.706 bits per heavy atom. The summed E-state index contributed by atoms with van der Waals surface area (Å²) in [6.07, 6.45) is 2.40. The lowest BCUT2D eigenvalue weighted by molar-refractivity contribution is 0.588. The Morgan fingerprint density at radius 3 is 1.94 bits per heavy atom. The van der Waals surface area contributed by atoms with Crippen molar-refractivity contribution in [2.75, 3.05) is 0 Å². The van der Waals surface area contributed by atoms with E-state index in [2.05, 4.69) is 57.2 Å². The minimum atomic E-state index is -3.58. The summed E-state index contributed by atoms with van der Waals surface area (Å²) in [6.45, 7) is 11.6. The molecule has 0 unspecified atom stereocenters. The molecule has 0 aliphatic carbocycles. The van der Waals surface area contributed by atoms with Crippen LogP contribution in [0.1, 0.15) is 67.9 Å². The summed E-state index contributed by atoms with van der Waals surface area (Å²) in [4.78, 5) is 18.1. The van der Waals surface area contributed by atoms with Gasteiger partial charge in [-0.1, -0.05) is 117 Å². The highest BCUT2D eigenvalue weighted by molar-refractivity contribution is 7.90. The third-order valence-corrected chi connectivity index (χ3v) is 11.0. The highest BCUT2D eigenvalue weighted by atomic mass is 32.2.